The van der Waals surface area contributed by atoms with Crippen molar-refractivity contribution in [3.63, 3.8) is 0 Å². The van der Waals surface area contributed by atoms with E-state index < -0.39 is 10.0 Å². The Morgan fingerprint density at radius 2 is 2.00 bits per heavy atom. The molecule has 2 heterocycles. The van der Waals surface area contributed by atoms with Crippen molar-refractivity contribution in [2.24, 2.45) is 0 Å². The Bertz CT molecular complexity index is 1100. The van der Waals surface area contributed by atoms with Gasteiger partial charge >= 0.3 is 0 Å². The van der Waals surface area contributed by atoms with E-state index in [-0.39, 0.29) is 29.0 Å². The molecule has 8 nitrogen and oxygen atoms in total. The van der Waals surface area contributed by atoms with E-state index in [0.29, 0.717) is 38.7 Å². The number of rotatable bonds is 7. The van der Waals surface area contributed by atoms with E-state index >= 15 is 0 Å². The normalized spacial score (nSPS) is 18.6. The Morgan fingerprint density at radius 3 is 2.75 bits per heavy atom. The van der Waals surface area contributed by atoms with Gasteiger partial charge in [-0.3, -0.25) is 4.79 Å². The molecule has 0 aliphatic carbocycles. The molecule has 1 atom stereocenters. The summed E-state index contributed by atoms with van der Waals surface area (Å²) in [6.07, 6.45) is 0.937. The van der Waals surface area contributed by atoms with Crippen LogP contribution in [0.1, 0.15) is 35.3 Å². The minimum atomic E-state index is -3.67. The molecule has 1 fully saturated rings. The predicted octanol–water partition coefficient (Wildman–Crippen LogP) is 2.36. The maximum atomic E-state index is 12.9. The highest BCUT2D eigenvalue weighted by Crippen LogP contribution is 2.35. The first-order valence-electron chi connectivity index (χ1n) is 10.8. The molecule has 172 valence electrons. The lowest BCUT2D eigenvalue weighted by Crippen LogP contribution is -2.40. The molecule has 1 unspecified atom stereocenters. The molecule has 0 saturated carbocycles. The predicted molar refractivity (Wildman–Crippen MR) is 119 cm³/mol. The zero-order valence-corrected chi connectivity index (χ0v) is 19.1. The van der Waals surface area contributed by atoms with Crippen LogP contribution in [0.15, 0.2) is 41.3 Å². The molecule has 2 aromatic rings. The van der Waals surface area contributed by atoms with Gasteiger partial charge in [0.25, 0.3) is 5.91 Å². The smallest absolute Gasteiger partial charge is 0.251 e. The summed E-state index contributed by atoms with van der Waals surface area (Å²) in [6.45, 7) is 6.01. The van der Waals surface area contributed by atoms with E-state index in [1.165, 1.54) is 16.4 Å². The third-order valence-electron chi connectivity index (χ3n) is 5.52. The number of nitrogens with one attached hydrogen (secondary N) is 1. The molecule has 4 rings (SSSR count). The molecule has 32 heavy (non-hydrogen) atoms. The minimum absolute atomic E-state index is 0.0990. The first-order chi connectivity index (χ1) is 15.4. The largest absolute Gasteiger partial charge is 0.494 e. The number of morpholine rings is 1. The second-order valence-electron chi connectivity index (χ2n) is 7.86. The Morgan fingerprint density at radius 1 is 1.22 bits per heavy atom. The number of ether oxygens (including phenoxy) is 3. The van der Waals surface area contributed by atoms with Crippen LogP contribution >= 0.6 is 0 Å². The van der Waals surface area contributed by atoms with Gasteiger partial charge in [0.2, 0.25) is 10.0 Å². The van der Waals surface area contributed by atoms with Crippen LogP contribution in [0.3, 0.4) is 0 Å². The first-order valence-corrected chi connectivity index (χ1v) is 12.2. The van der Waals surface area contributed by atoms with Crippen LogP contribution in [-0.2, 0) is 27.7 Å². The van der Waals surface area contributed by atoms with Gasteiger partial charge in [0.15, 0.2) is 0 Å². The van der Waals surface area contributed by atoms with Gasteiger partial charge in [-0.15, -0.1) is 0 Å². The molecular weight excluding hydrogens is 432 g/mol. The van der Waals surface area contributed by atoms with Gasteiger partial charge in [-0.05, 0) is 44.2 Å². The lowest BCUT2D eigenvalue weighted by molar-refractivity contribution is 0.0730. The van der Waals surface area contributed by atoms with E-state index in [4.69, 9.17) is 14.2 Å². The van der Waals surface area contributed by atoms with Crippen molar-refractivity contribution in [3.05, 3.63) is 53.1 Å². The molecule has 1 saturated heterocycles. The molecule has 0 aromatic heterocycles. The van der Waals surface area contributed by atoms with Crippen LogP contribution in [0.2, 0.25) is 0 Å². The fourth-order valence-electron chi connectivity index (χ4n) is 3.92. The molecular formula is C23H28N2O6S. The number of sulfonamides is 1. The zero-order chi connectivity index (χ0) is 22.7. The van der Waals surface area contributed by atoms with Crippen LogP contribution in [0.5, 0.6) is 11.5 Å². The summed E-state index contributed by atoms with van der Waals surface area (Å²) in [5, 5.41) is 2.87. The van der Waals surface area contributed by atoms with Crippen molar-refractivity contribution in [1.82, 2.24) is 9.62 Å². The SMILES string of the molecule is CCOc1cc2c(cc1CNC(=O)c1cccc(S(=O)(=O)N3CCOCC3)c1)OC(C)C2. The van der Waals surface area contributed by atoms with Crippen molar-refractivity contribution in [3.8, 4) is 11.5 Å². The summed E-state index contributed by atoms with van der Waals surface area (Å²) in [5.74, 6) is 1.16. The third kappa shape index (κ3) is 4.74. The van der Waals surface area contributed by atoms with Crippen molar-refractivity contribution in [1.29, 1.82) is 0 Å². The van der Waals surface area contributed by atoms with Gasteiger partial charge < -0.3 is 19.5 Å². The van der Waals surface area contributed by atoms with Crippen molar-refractivity contribution < 1.29 is 27.4 Å². The molecule has 0 radical (unpaired) electrons. The molecule has 2 aliphatic heterocycles. The van der Waals surface area contributed by atoms with Crippen LogP contribution in [0.4, 0.5) is 0 Å². The first kappa shape index (κ1) is 22.6. The number of carbonyl (C=O) groups excluding carboxylic acids is 1. The molecule has 0 spiro atoms. The van der Waals surface area contributed by atoms with Crippen molar-refractivity contribution >= 4 is 15.9 Å². The fraction of sp³-hybridized carbons (Fsp3) is 0.435. The number of hydrogen-bond donors (Lipinski definition) is 1. The second kappa shape index (κ2) is 9.48. The van der Waals surface area contributed by atoms with Crippen LogP contribution in [0, 0.1) is 0 Å². The van der Waals surface area contributed by atoms with E-state index in [2.05, 4.69) is 5.32 Å². The van der Waals surface area contributed by atoms with Gasteiger partial charge in [-0.1, -0.05) is 6.07 Å². The highest BCUT2D eigenvalue weighted by molar-refractivity contribution is 7.89. The zero-order valence-electron chi connectivity index (χ0n) is 18.3. The Labute approximate surface area is 188 Å². The Kier molecular flexibility index (Phi) is 6.68. The lowest BCUT2D eigenvalue weighted by atomic mass is 10.1. The summed E-state index contributed by atoms with van der Waals surface area (Å²) in [7, 11) is -3.67. The maximum Gasteiger partial charge on any atom is 0.251 e. The van der Waals surface area contributed by atoms with E-state index in [0.717, 1.165) is 23.3 Å². The van der Waals surface area contributed by atoms with Gasteiger partial charge in [0.05, 0.1) is 24.7 Å². The van der Waals surface area contributed by atoms with Gasteiger partial charge in [-0.2, -0.15) is 4.31 Å². The molecule has 0 bridgehead atoms. The maximum absolute atomic E-state index is 12.9. The second-order valence-corrected chi connectivity index (χ2v) is 9.80. The third-order valence-corrected chi connectivity index (χ3v) is 7.42. The summed E-state index contributed by atoms with van der Waals surface area (Å²) < 4.78 is 44.0. The summed E-state index contributed by atoms with van der Waals surface area (Å²) in [5.41, 5.74) is 2.19. The summed E-state index contributed by atoms with van der Waals surface area (Å²) in [6, 6.07) is 9.98. The number of hydrogen-bond acceptors (Lipinski definition) is 6. The summed E-state index contributed by atoms with van der Waals surface area (Å²) in [4.78, 5) is 12.9. The molecule has 2 aromatic carbocycles. The van der Waals surface area contributed by atoms with Crippen molar-refractivity contribution in [2.45, 2.75) is 37.8 Å². The van der Waals surface area contributed by atoms with E-state index in [9.17, 15) is 13.2 Å². The van der Waals surface area contributed by atoms with Crippen LogP contribution in [0.25, 0.3) is 0 Å². The summed E-state index contributed by atoms with van der Waals surface area (Å²) >= 11 is 0. The average Bonchev–Trinajstić information content (AvgIpc) is 3.17. The number of carbonyl (C=O) groups is 1. The van der Waals surface area contributed by atoms with Crippen LogP contribution < -0.4 is 14.8 Å². The topological polar surface area (TPSA) is 94.2 Å². The molecule has 9 heteroatoms. The van der Waals surface area contributed by atoms with Crippen LogP contribution in [-0.4, -0.2) is 57.6 Å². The highest BCUT2D eigenvalue weighted by Gasteiger charge is 2.27. The Balaban J connectivity index is 1.49. The van der Waals surface area contributed by atoms with Gasteiger partial charge in [-0.25, -0.2) is 8.42 Å². The number of amides is 1. The van der Waals surface area contributed by atoms with E-state index in [1.54, 1.807) is 12.1 Å². The average molecular weight is 461 g/mol. The molecule has 1 N–H and O–H groups in total. The minimum Gasteiger partial charge on any atom is -0.494 e. The van der Waals surface area contributed by atoms with Gasteiger partial charge in [0.1, 0.15) is 17.6 Å². The number of benzene rings is 2. The number of nitrogens with zero attached hydrogens (tertiary/aromatic N) is 1. The molecule has 1 amide bonds. The fourth-order valence-corrected chi connectivity index (χ4v) is 5.38. The van der Waals surface area contributed by atoms with Gasteiger partial charge in [0, 0.05) is 42.7 Å². The molecule has 2 aliphatic rings. The standard InChI is InChI=1S/C23H28N2O6S/c1-3-30-21-13-18-11-16(2)31-22(18)14-19(21)15-24-23(26)17-5-4-6-20(12-17)32(27,28)25-7-9-29-10-8-25/h4-6,12-14,16H,3,7-11,15H2,1-2H3,(H,24,26). The Hall–Kier alpha value is -2.62. The monoisotopic (exact) mass is 460 g/mol. The highest BCUT2D eigenvalue weighted by atomic mass is 32.2. The number of fused-ring (bicyclic) bond motifs is 1. The van der Waals surface area contributed by atoms with Crippen molar-refractivity contribution in [2.75, 3.05) is 32.9 Å². The quantitative estimate of drug-likeness (QED) is 0.682. The lowest BCUT2D eigenvalue weighted by Gasteiger charge is -2.26. The van der Waals surface area contributed by atoms with E-state index in [1.807, 2.05) is 26.0 Å².